The van der Waals surface area contributed by atoms with E-state index in [1.807, 2.05) is 37.3 Å². The predicted molar refractivity (Wildman–Crippen MR) is 105 cm³/mol. The second-order valence-corrected chi connectivity index (χ2v) is 6.15. The fourth-order valence-corrected chi connectivity index (χ4v) is 2.67. The van der Waals surface area contributed by atoms with Crippen LogP contribution in [-0.4, -0.2) is 16.9 Å². The zero-order valence-corrected chi connectivity index (χ0v) is 14.8. The summed E-state index contributed by atoms with van der Waals surface area (Å²) in [5, 5.41) is 15.4. The molecule has 0 radical (unpaired) electrons. The molecule has 27 heavy (non-hydrogen) atoms. The van der Waals surface area contributed by atoms with E-state index >= 15 is 0 Å². The molecule has 5 nitrogen and oxygen atoms in total. The third kappa shape index (κ3) is 4.52. The van der Waals surface area contributed by atoms with Gasteiger partial charge in [-0.2, -0.15) is 0 Å². The van der Waals surface area contributed by atoms with Gasteiger partial charge in [0.15, 0.2) is 0 Å². The zero-order chi connectivity index (χ0) is 19.2. The summed E-state index contributed by atoms with van der Waals surface area (Å²) in [5.74, 6) is -0.686. The Morgan fingerprint density at radius 1 is 0.815 bits per heavy atom. The Morgan fingerprint density at radius 2 is 1.44 bits per heavy atom. The van der Waals surface area contributed by atoms with Crippen molar-refractivity contribution in [3.05, 3.63) is 95.6 Å². The highest BCUT2D eigenvalue weighted by Crippen LogP contribution is 2.18. The van der Waals surface area contributed by atoms with Gasteiger partial charge in [-0.3, -0.25) is 9.59 Å². The number of hydrogen-bond donors (Lipinski definition) is 3. The van der Waals surface area contributed by atoms with Crippen LogP contribution < -0.4 is 10.6 Å². The third-order valence-electron chi connectivity index (χ3n) is 4.20. The maximum absolute atomic E-state index is 12.4. The number of para-hydroxylation sites is 1. The minimum atomic E-state index is -0.414. The van der Waals surface area contributed by atoms with E-state index < -0.39 is 5.91 Å². The first-order valence-electron chi connectivity index (χ1n) is 8.60. The average molecular weight is 360 g/mol. The van der Waals surface area contributed by atoms with Gasteiger partial charge in [0.05, 0.1) is 11.6 Å². The molecule has 3 aromatic carbocycles. The van der Waals surface area contributed by atoms with Gasteiger partial charge >= 0.3 is 0 Å². The molecule has 3 N–H and O–H groups in total. The summed E-state index contributed by atoms with van der Waals surface area (Å²) in [6.07, 6.45) is 0. The molecule has 0 aromatic heterocycles. The summed E-state index contributed by atoms with van der Waals surface area (Å²) in [5.41, 5.74) is 2.25. The van der Waals surface area contributed by atoms with E-state index in [0.29, 0.717) is 11.3 Å². The lowest BCUT2D eigenvalue weighted by Crippen LogP contribution is -2.26. The van der Waals surface area contributed by atoms with Gasteiger partial charge in [0, 0.05) is 11.3 Å². The molecule has 0 spiro atoms. The molecule has 3 aromatic rings. The number of anilines is 1. The van der Waals surface area contributed by atoms with Gasteiger partial charge in [0.25, 0.3) is 11.8 Å². The van der Waals surface area contributed by atoms with Crippen LogP contribution >= 0.6 is 0 Å². The lowest BCUT2D eigenvalue weighted by molar-refractivity contribution is 0.0939. The summed E-state index contributed by atoms with van der Waals surface area (Å²) in [4.78, 5) is 24.6. The summed E-state index contributed by atoms with van der Waals surface area (Å²) in [6.45, 7) is 1.92. The van der Waals surface area contributed by atoms with E-state index in [1.165, 1.54) is 12.1 Å². The molecule has 0 saturated carbocycles. The molecule has 0 aliphatic rings. The van der Waals surface area contributed by atoms with Crippen LogP contribution in [0.1, 0.15) is 39.2 Å². The highest BCUT2D eigenvalue weighted by molar-refractivity contribution is 6.06. The Kier molecular flexibility index (Phi) is 5.52. The number of phenols is 1. The first-order valence-corrected chi connectivity index (χ1v) is 8.60. The minimum Gasteiger partial charge on any atom is -0.507 e. The van der Waals surface area contributed by atoms with Crippen molar-refractivity contribution in [2.75, 3.05) is 5.32 Å². The average Bonchev–Trinajstić information content (AvgIpc) is 2.69. The van der Waals surface area contributed by atoms with Gasteiger partial charge in [-0.05, 0) is 48.9 Å². The van der Waals surface area contributed by atoms with Gasteiger partial charge in [-0.1, -0.05) is 42.5 Å². The van der Waals surface area contributed by atoms with Gasteiger partial charge < -0.3 is 15.7 Å². The Balaban J connectivity index is 1.64. The van der Waals surface area contributed by atoms with Crippen molar-refractivity contribution in [3.8, 4) is 5.75 Å². The van der Waals surface area contributed by atoms with Crippen molar-refractivity contribution in [1.29, 1.82) is 0 Å². The SMILES string of the molecule is C[C@@H](NC(=O)c1ccc(NC(=O)c2ccccc2O)cc1)c1ccccc1. The number of aromatic hydroxyl groups is 1. The standard InChI is InChI=1S/C22H20N2O3/c1-15(16-7-3-2-4-8-16)23-21(26)17-11-13-18(14-12-17)24-22(27)19-9-5-6-10-20(19)25/h2-15,25H,1H3,(H,23,26)(H,24,27)/t15-/m1/s1. The molecule has 0 aliphatic heterocycles. The fourth-order valence-electron chi connectivity index (χ4n) is 2.67. The number of carbonyl (C=O) groups excluding carboxylic acids is 2. The lowest BCUT2D eigenvalue weighted by Gasteiger charge is -2.14. The molecule has 2 amide bonds. The molecule has 0 bridgehead atoms. The Hall–Kier alpha value is -3.60. The maximum Gasteiger partial charge on any atom is 0.259 e. The summed E-state index contributed by atoms with van der Waals surface area (Å²) >= 11 is 0. The molecule has 3 rings (SSSR count). The van der Waals surface area contributed by atoms with Crippen molar-refractivity contribution in [3.63, 3.8) is 0 Å². The van der Waals surface area contributed by atoms with Crippen LogP contribution in [0.25, 0.3) is 0 Å². The molecule has 5 heteroatoms. The van der Waals surface area contributed by atoms with Gasteiger partial charge in [0.1, 0.15) is 5.75 Å². The van der Waals surface area contributed by atoms with Crippen molar-refractivity contribution in [2.45, 2.75) is 13.0 Å². The van der Waals surface area contributed by atoms with E-state index in [-0.39, 0.29) is 23.3 Å². The first kappa shape index (κ1) is 18.2. The molecule has 0 aliphatic carbocycles. The predicted octanol–water partition coefficient (Wildman–Crippen LogP) is 4.14. The number of benzene rings is 3. The highest BCUT2D eigenvalue weighted by atomic mass is 16.3. The molecule has 0 saturated heterocycles. The van der Waals surface area contributed by atoms with Crippen LogP contribution in [-0.2, 0) is 0 Å². The summed E-state index contributed by atoms with van der Waals surface area (Å²) in [7, 11) is 0. The van der Waals surface area contributed by atoms with Gasteiger partial charge in [-0.25, -0.2) is 0 Å². The number of nitrogens with one attached hydrogen (secondary N) is 2. The van der Waals surface area contributed by atoms with Crippen LogP contribution in [0, 0.1) is 0 Å². The van der Waals surface area contributed by atoms with Gasteiger partial charge in [-0.15, -0.1) is 0 Å². The summed E-state index contributed by atoms with van der Waals surface area (Å²) < 4.78 is 0. The van der Waals surface area contributed by atoms with Crippen LogP contribution in [0.4, 0.5) is 5.69 Å². The first-order chi connectivity index (χ1) is 13.0. The van der Waals surface area contributed by atoms with Crippen LogP contribution in [0.2, 0.25) is 0 Å². The maximum atomic E-state index is 12.4. The minimum absolute atomic E-state index is 0.0825. The number of amides is 2. The second kappa shape index (κ2) is 8.19. The molecular weight excluding hydrogens is 340 g/mol. The molecule has 1 atom stereocenters. The van der Waals surface area contributed by atoms with Crippen LogP contribution in [0.15, 0.2) is 78.9 Å². The van der Waals surface area contributed by atoms with Crippen LogP contribution in [0.3, 0.4) is 0 Å². The third-order valence-corrected chi connectivity index (χ3v) is 4.20. The van der Waals surface area contributed by atoms with Crippen molar-refractivity contribution in [2.24, 2.45) is 0 Å². The molecule has 0 fully saturated rings. The van der Waals surface area contributed by atoms with E-state index in [9.17, 15) is 14.7 Å². The fraction of sp³-hybridized carbons (Fsp3) is 0.0909. The number of hydrogen-bond acceptors (Lipinski definition) is 3. The topological polar surface area (TPSA) is 78.4 Å². The molecule has 0 unspecified atom stereocenters. The Morgan fingerprint density at radius 3 is 2.11 bits per heavy atom. The monoisotopic (exact) mass is 360 g/mol. The highest BCUT2D eigenvalue weighted by Gasteiger charge is 2.13. The number of rotatable bonds is 5. The zero-order valence-electron chi connectivity index (χ0n) is 14.8. The van der Waals surface area contributed by atoms with E-state index in [2.05, 4.69) is 10.6 Å². The molecular formula is C22H20N2O3. The Bertz CT molecular complexity index is 937. The quantitative estimate of drug-likeness (QED) is 0.640. The summed E-state index contributed by atoms with van der Waals surface area (Å²) in [6, 6.07) is 22.5. The van der Waals surface area contributed by atoms with Gasteiger partial charge in [0.2, 0.25) is 0 Å². The van der Waals surface area contributed by atoms with Crippen LogP contribution in [0.5, 0.6) is 5.75 Å². The second-order valence-electron chi connectivity index (χ2n) is 6.15. The van der Waals surface area contributed by atoms with E-state index in [1.54, 1.807) is 36.4 Å². The van der Waals surface area contributed by atoms with Crippen molar-refractivity contribution in [1.82, 2.24) is 5.32 Å². The molecule has 136 valence electrons. The largest absolute Gasteiger partial charge is 0.507 e. The smallest absolute Gasteiger partial charge is 0.259 e. The number of phenolic OH excluding ortho intramolecular Hbond substituents is 1. The normalized spacial score (nSPS) is 11.4. The van der Waals surface area contributed by atoms with E-state index in [4.69, 9.17) is 0 Å². The van der Waals surface area contributed by atoms with Crippen molar-refractivity contribution < 1.29 is 14.7 Å². The van der Waals surface area contributed by atoms with E-state index in [0.717, 1.165) is 5.56 Å². The molecule has 0 heterocycles. The van der Waals surface area contributed by atoms with Crippen molar-refractivity contribution >= 4 is 17.5 Å². The Labute approximate surface area is 157 Å². The number of carbonyl (C=O) groups is 2. The lowest BCUT2D eigenvalue weighted by atomic mass is 10.1.